The Bertz CT molecular complexity index is 52.0. The van der Waals surface area contributed by atoms with Crippen molar-refractivity contribution >= 4 is 0 Å². The Balaban J connectivity index is 2.81. The molecule has 0 spiro atoms. The van der Waals surface area contributed by atoms with Crippen molar-refractivity contribution in [1.82, 2.24) is 4.90 Å². The van der Waals surface area contributed by atoms with Gasteiger partial charge in [-0.15, -0.1) is 0 Å². The molecule has 0 N–H and O–H groups in total. The first kappa shape index (κ1) is 6.50. The molecule has 0 amide bonds. The van der Waals surface area contributed by atoms with Gasteiger partial charge in [0.2, 0.25) is 0 Å². The molecule has 0 aliphatic rings. The zero-order valence-electron chi connectivity index (χ0n) is 4.85. The Morgan fingerprint density at radius 2 is 2.29 bits per heavy atom. The third-order valence-corrected chi connectivity index (χ3v) is 0.451. The average Bonchev–Trinajstić information content (AvgIpc) is 1.61. The molecular formula is C5H11NO. The number of nitrogens with zero attached hydrogens (tertiary/aromatic N) is 1. The van der Waals surface area contributed by atoms with Gasteiger partial charge in [0, 0.05) is 0 Å². The van der Waals surface area contributed by atoms with Crippen molar-refractivity contribution in [3.63, 3.8) is 0 Å². The number of ether oxygens (including phenoxy) is 1. The van der Waals surface area contributed by atoms with Crippen LogP contribution in [0.4, 0.5) is 0 Å². The van der Waals surface area contributed by atoms with E-state index >= 15 is 0 Å². The van der Waals surface area contributed by atoms with Gasteiger partial charge >= 0.3 is 0 Å². The Kier molecular flexibility index (Phi) is 3.42. The smallest absolute Gasteiger partial charge is 0.140 e. The summed E-state index contributed by atoms with van der Waals surface area (Å²) < 4.78 is 4.78. The van der Waals surface area contributed by atoms with E-state index in [0.717, 1.165) is 0 Å². The Morgan fingerprint density at radius 1 is 1.71 bits per heavy atom. The quantitative estimate of drug-likeness (QED) is 0.382. The second-order valence-electron chi connectivity index (χ2n) is 1.54. The zero-order valence-corrected chi connectivity index (χ0v) is 4.85. The van der Waals surface area contributed by atoms with E-state index in [1.807, 2.05) is 19.0 Å². The molecule has 0 unspecified atom stereocenters. The summed E-state index contributed by atoms with van der Waals surface area (Å²) in [5.74, 6) is 0. The highest BCUT2D eigenvalue weighted by Gasteiger charge is 1.80. The van der Waals surface area contributed by atoms with Gasteiger partial charge in [-0.2, -0.15) is 0 Å². The highest BCUT2D eigenvalue weighted by atomic mass is 16.5. The second kappa shape index (κ2) is 3.68. The normalized spacial score (nSPS) is 9.00. The van der Waals surface area contributed by atoms with Crippen LogP contribution < -0.4 is 0 Å². The molecule has 0 aromatic carbocycles. The van der Waals surface area contributed by atoms with Crippen LogP contribution in [0.2, 0.25) is 0 Å². The van der Waals surface area contributed by atoms with Gasteiger partial charge in [-0.25, -0.2) is 0 Å². The van der Waals surface area contributed by atoms with E-state index in [2.05, 4.69) is 6.58 Å². The Labute approximate surface area is 44.4 Å². The standard InChI is InChI=1S/C5H11NO/c1-4-7-5-6(2)3/h4H,1,5H2,2-3H3. The maximum Gasteiger partial charge on any atom is 0.140 e. The summed E-state index contributed by atoms with van der Waals surface area (Å²) in [4.78, 5) is 1.92. The highest BCUT2D eigenvalue weighted by molar-refractivity contribution is 4.46. The summed E-state index contributed by atoms with van der Waals surface area (Å²) in [6.07, 6.45) is 1.43. The molecule has 42 valence electrons. The maximum atomic E-state index is 4.78. The zero-order chi connectivity index (χ0) is 5.70. The lowest BCUT2D eigenvalue weighted by molar-refractivity contribution is 0.134. The summed E-state index contributed by atoms with van der Waals surface area (Å²) in [7, 11) is 3.87. The summed E-state index contributed by atoms with van der Waals surface area (Å²) in [5, 5.41) is 0. The van der Waals surface area contributed by atoms with Gasteiger partial charge in [-0.1, -0.05) is 6.58 Å². The largest absolute Gasteiger partial charge is 0.486 e. The molecule has 0 heterocycles. The molecule has 0 rings (SSSR count). The first-order valence-electron chi connectivity index (χ1n) is 2.14. The minimum Gasteiger partial charge on any atom is -0.486 e. The molecule has 2 heteroatoms. The van der Waals surface area contributed by atoms with Crippen molar-refractivity contribution in [2.24, 2.45) is 0 Å². The van der Waals surface area contributed by atoms with Crippen molar-refractivity contribution in [3.8, 4) is 0 Å². The van der Waals surface area contributed by atoms with Gasteiger partial charge in [0.25, 0.3) is 0 Å². The van der Waals surface area contributed by atoms with Crippen LogP contribution in [0.1, 0.15) is 0 Å². The molecule has 0 fully saturated rings. The summed E-state index contributed by atoms with van der Waals surface area (Å²) in [6, 6.07) is 0. The number of hydrogen-bond acceptors (Lipinski definition) is 2. The molecule has 0 aromatic rings. The molecule has 0 saturated heterocycles. The van der Waals surface area contributed by atoms with E-state index in [1.54, 1.807) is 0 Å². The van der Waals surface area contributed by atoms with E-state index in [9.17, 15) is 0 Å². The molecule has 7 heavy (non-hydrogen) atoms. The second-order valence-corrected chi connectivity index (χ2v) is 1.54. The fourth-order valence-electron chi connectivity index (χ4n) is 0.202. The van der Waals surface area contributed by atoms with Gasteiger partial charge in [0.15, 0.2) is 0 Å². The lowest BCUT2D eigenvalue weighted by Crippen LogP contribution is -2.13. The van der Waals surface area contributed by atoms with Crippen LogP contribution in [-0.4, -0.2) is 25.7 Å². The molecule has 0 aromatic heterocycles. The van der Waals surface area contributed by atoms with Crippen molar-refractivity contribution < 1.29 is 4.74 Å². The minimum absolute atomic E-state index is 0.615. The van der Waals surface area contributed by atoms with Gasteiger partial charge < -0.3 is 4.74 Å². The van der Waals surface area contributed by atoms with Crippen LogP contribution in [-0.2, 0) is 4.74 Å². The highest BCUT2D eigenvalue weighted by Crippen LogP contribution is 1.75. The van der Waals surface area contributed by atoms with Crippen molar-refractivity contribution in [2.75, 3.05) is 20.8 Å². The van der Waals surface area contributed by atoms with E-state index in [-0.39, 0.29) is 0 Å². The van der Waals surface area contributed by atoms with E-state index < -0.39 is 0 Å². The summed E-state index contributed by atoms with van der Waals surface area (Å²) in [6.45, 7) is 4.00. The SMILES string of the molecule is C=COCN(C)C. The van der Waals surface area contributed by atoms with Crippen LogP contribution >= 0.6 is 0 Å². The van der Waals surface area contributed by atoms with Gasteiger partial charge in [0.1, 0.15) is 6.73 Å². The van der Waals surface area contributed by atoms with E-state index in [1.165, 1.54) is 6.26 Å². The predicted octanol–water partition coefficient (Wildman–Crippen LogP) is 0.666. The fourth-order valence-corrected chi connectivity index (χ4v) is 0.202. The molecular weight excluding hydrogens is 90.1 g/mol. The molecule has 0 bridgehead atoms. The minimum atomic E-state index is 0.615. The van der Waals surface area contributed by atoms with E-state index in [0.29, 0.717) is 6.73 Å². The monoisotopic (exact) mass is 101 g/mol. The Hall–Kier alpha value is -0.500. The van der Waals surface area contributed by atoms with Crippen LogP contribution in [0, 0.1) is 0 Å². The lowest BCUT2D eigenvalue weighted by atomic mass is 10.9. The van der Waals surface area contributed by atoms with Crippen molar-refractivity contribution in [3.05, 3.63) is 12.8 Å². The van der Waals surface area contributed by atoms with Crippen LogP contribution in [0.5, 0.6) is 0 Å². The van der Waals surface area contributed by atoms with Gasteiger partial charge in [0.05, 0.1) is 6.26 Å². The molecule has 0 saturated carbocycles. The van der Waals surface area contributed by atoms with Gasteiger partial charge in [-0.05, 0) is 14.1 Å². The average molecular weight is 101 g/mol. The molecule has 0 aliphatic heterocycles. The van der Waals surface area contributed by atoms with Crippen molar-refractivity contribution in [2.45, 2.75) is 0 Å². The molecule has 0 aliphatic carbocycles. The van der Waals surface area contributed by atoms with Crippen LogP contribution in [0.15, 0.2) is 12.8 Å². The lowest BCUT2D eigenvalue weighted by Gasteiger charge is -2.06. The maximum absolute atomic E-state index is 4.78. The molecule has 2 nitrogen and oxygen atoms in total. The predicted molar refractivity (Wildman–Crippen MR) is 29.8 cm³/mol. The van der Waals surface area contributed by atoms with Crippen LogP contribution in [0.3, 0.4) is 0 Å². The van der Waals surface area contributed by atoms with Crippen LogP contribution in [0.25, 0.3) is 0 Å². The molecule has 0 radical (unpaired) electrons. The first-order chi connectivity index (χ1) is 3.27. The molecule has 0 atom stereocenters. The third-order valence-electron chi connectivity index (χ3n) is 0.451. The summed E-state index contributed by atoms with van der Waals surface area (Å²) >= 11 is 0. The fraction of sp³-hybridized carbons (Fsp3) is 0.600. The van der Waals surface area contributed by atoms with Gasteiger partial charge in [-0.3, -0.25) is 4.90 Å². The number of hydrogen-bond donors (Lipinski definition) is 0. The third kappa shape index (κ3) is 5.50. The topological polar surface area (TPSA) is 12.5 Å². The number of rotatable bonds is 3. The Morgan fingerprint density at radius 3 is 2.43 bits per heavy atom. The van der Waals surface area contributed by atoms with E-state index in [4.69, 9.17) is 4.74 Å². The summed E-state index contributed by atoms with van der Waals surface area (Å²) in [5.41, 5.74) is 0. The first-order valence-corrected chi connectivity index (χ1v) is 2.14. The van der Waals surface area contributed by atoms with Crippen molar-refractivity contribution in [1.29, 1.82) is 0 Å².